The number of aryl methyl sites for hydroxylation is 8. The van der Waals surface area contributed by atoms with Crippen LogP contribution in [0.3, 0.4) is 0 Å². The maximum atomic E-state index is 6.33. The standard InChI is InChI=1S/C46H48O2P2/c1-29-17-21-37(25-33(29)5)49(38-22-18-30(2)34(6)26-38)43-15-11-13-41(47-9)45(43)46-42(48-10)14-12-16-44(46)50(39-23-19-31(3)35(7)27-39)40-24-20-32(4)36(8)28-40/h11-28H,1-10H3. The molecule has 254 valence electrons. The molecule has 0 fully saturated rings. The van der Waals surface area contributed by atoms with Crippen LogP contribution in [0.5, 0.6) is 11.5 Å². The molecule has 0 spiro atoms. The molecular formula is C46H48O2P2. The van der Waals surface area contributed by atoms with Crippen LogP contribution < -0.4 is 41.3 Å². The predicted molar refractivity (Wildman–Crippen MR) is 220 cm³/mol. The molecule has 0 unspecified atom stereocenters. The molecule has 0 saturated carbocycles. The van der Waals surface area contributed by atoms with Gasteiger partial charge in [-0.05, 0) is 160 Å². The Morgan fingerprint density at radius 1 is 0.340 bits per heavy atom. The van der Waals surface area contributed by atoms with E-state index in [1.165, 1.54) is 76.3 Å². The van der Waals surface area contributed by atoms with Crippen LogP contribution in [0, 0.1) is 55.4 Å². The zero-order chi connectivity index (χ0) is 35.7. The van der Waals surface area contributed by atoms with Gasteiger partial charge in [-0.1, -0.05) is 97.1 Å². The lowest BCUT2D eigenvalue weighted by atomic mass is 10.0. The van der Waals surface area contributed by atoms with Gasteiger partial charge in [-0.3, -0.25) is 0 Å². The summed E-state index contributed by atoms with van der Waals surface area (Å²) in [6.45, 7) is 17.6. The number of hydrogen-bond acceptors (Lipinski definition) is 2. The van der Waals surface area contributed by atoms with Crippen molar-refractivity contribution in [2.45, 2.75) is 55.4 Å². The van der Waals surface area contributed by atoms with Crippen LogP contribution in [-0.4, -0.2) is 14.2 Å². The predicted octanol–water partition coefficient (Wildman–Crippen LogP) is 9.35. The Hall–Kier alpha value is -4.22. The normalized spacial score (nSPS) is 11.4. The first-order valence-corrected chi connectivity index (χ1v) is 19.9. The molecule has 0 amide bonds. The Kier molecular flexibility index (Phi) is 10.6. The fourth-order valence-corrected chi connectivity index (χ4v) is 11.8. The van der Waals surface area contributed by atoms with Gasteiger partial charge in [0.05, 0.1) is 14.2 Å². The highest BCUT2D eigenvalue weighted by Gasteiger charge is 2.30. The fraction of sp³-hybridized carbons (Fsp3) is 0.217. The summed E-state index contributed by atoms with van der Waals surface area (Å²) in [7, 11) is 1.64. The molecule has 0 aromatic heterocycles. The number of benzene rings is 6. The number of hydrogen-bond donors (Lipinski definition) is 0. The minimum Gasteiger partial charge on any atom is -0.496 e. The smallest absolute Gasteiger partial charge is 0.127 e. The topological polar surface area (TPSA) is 18.5 Å². The molecule has 0 atom stereocenters. The Balaban J connectivity index is 1.72. The van der Waals surface area contributed by atoms with E-state index in [0.717, 1.165) is 22.6 Å². The van der Waals surface area contributed by atoms with E-state index in [2.05, 4.69) is 165 Å². The quantitative estimate of drug-likeness (QED) is 0.141. The molecule has 6 aromatic carbocycles. The van der Waals surface area contributed by atoms with Crippen LogP contribution in [0.2, 0.25) is 0 Å². The molecule has 0 saturated heterocycles. The summed E-state index contributed by atoms with van der Waals surface area (Å²) >= 11 is 0. The van der Waals surface area contributed by atoms with Gasteiger partial charge in [0.2, 0.25) is 0 Å². The van der Waals surface area contributed by atoms with Crippen molar-refractivity contribution in [3.63, 3.8) is 0 Å². The summed E-state index contributed by atoms with van der Waals surface area (Å²) in [4.78, 5) is 0. The van der Waals surface area contributed by atoms with Gasteiger partial charge in [0.25, 0.3) is 0 Å². The van der Waals surface area contributed by atoms with Crippen molar-refractivity contribution in [2.24, 2.45) is 0 Å². The minimum absolute atomic E-state index is 0.851. The zero-order valence-corrected chi connectivity index (χ0v) is 32.9. The molecule has 0 bridgehead atoms. The van der Waals surface area contributed by atoms with Crippen molar-refractivity contribution < 1.29 is 9.47 Å². The van der Waals surface area contributed by atoms with Crippen molar-refractivity contribution in [1.82, 2.24) is 0 Å². The minimum atomic E-state index is -0.974. The van der Waals surface area contributed by atoms with Gasteiger partial charge in [-0.2, -0.15) is 0 Å². The lowest BCUT2D eigenvalue weighted by Crippen LogP contribution is -2.27. The molecule has 6 aromatic rings. The average molecular weight is 695 g/mol. The molecule has 0 radical (unpaired) electrons. The molecular weight excluding hydrogens is 646 g/mol. The first-order valence-electron chi connectivity index (χ1n) is 17.3. The Labute approximate surface area is 302 Å². The summed E-state index contributed by atoms with van der Waals surface area (Å²) in [5, 5.41) is 7.80. The van der Waals surface area contributed by atoms with Gasteiger partial charge in [0, 0.05) is 11.1 Å². The number of ether oxygens (including phenoxy) is 2. The van der Waals surface area contributed by atoms with Crippen molar-refractivity contribution in [2.75, 3.05) is 14.2 Å². The third-order valence-corrected chi connectivity index (χ3v) is 15.1. The van der Waals surface area contributed by atoms with Crippen LogP contribution in [0.25, 0.3) is 11.1 Å². The summed E-state index contributed by atoms with van der Waals surface area (Å²) in [5.74, 6) is 1.70. The molecule has 0 aliphatic heterocycles. The summed E-state index contributed by atoms with van der Waals surface area (Å²) in [6, 6.07) is 41.1. The first-order chi connectivity index (χ1) is 24.0. The molecule has 4 heteroatoms. The van der Waals surface area contributed by atoms with E-state index in [1.54, 1.807) is 14.2 Å². The molecule has 6 rings (SSSR count). The Bertz CT molecular complexity index is 1940. The summed E-state index contributed by atoms with van der Waals surface area (Å²) in [5.41, 5.74) is 12.6. The van der Waals surface area contributed by atoms with Gasteiger partial charge >= 0.3 is 0 Å². The second kappa shape index (κ2) is 14.9. The lowest BCUT2D eigenvalue weighted by Gasteiger charge is -2.29. The van der Waals surface area contributed by atoms with Crippen LogP contribution in [-0.2, 0) is 0 Å². The molecule has 0 heterocycles. The molecule has 2 nitrogen and oxygen atoms in total. The van der Waals surface area contributed by atoms with E-state index >= 15 is 0 Å². The van der Waals surface area contributed by atoms with Crippen LogP contribution in [0.4, 0.5) is 0 Å². The lowest BCUT2D eigenvalue weighted by molar-refractivity contribution is 0.411. The highest BCUT2D eigenvalue weighted by Crippen LogP contribution is 2.47. The van der Waals surface area contributed by atoms with E-state index in [4.69, 9.17) is 9.47 Å². The summed E-state index contributed by atoms with van der Waals surface area (Å²) in [6.07, 6.45) is 0. The molecule has 50 heavy (non-hydrogen) atoms. The van der Waals surface area contributed by atoms with Crippen molar-refractivity contribution >= 4 is 47.7 Å². The maximum absolute atomic E-state index is 6.33. The highest BCUT2D eigenvalue weighted by molar-refractivity contribution is 7.80. The third-order valence-electron chi connectivity index (χ3n) is 10.2. The van der Waals surface area contributed by atoms with E-state index in [1.807, 2.05) is 0 Å². The largest absolute Gasteiger partial charge is 0.496 e. The average Bonchev–Trinajstić information content (AvgIpc) is 3.11. The number of rotatable bonds is 9. The van der Waals surface area contributed by atoms with Gasteiger partial charge in [0.1, 0.15) is 11.5 Å². The van der Waals surface area contributed by atoms with Crippen LogP contribution in [0.1, 0.15) is 44.5 Å². The first kappa shape index (κ1) is 35.6. The summed E-state index contributed by atoms with van der Waals surface area (Å²) < 4.78 is 12.7. The van der Waals surface area contributed by atoms with Gasteiger partial charge in [-0.25, -0.2) is 0 Å². The van der Waals surface area contributed by atoms with E-state index in [-0.39, 0.29) is 0 Å². The highest BCUT2D eigenvalue weighted by atomic mass is 31.1. The zero-order valence-electron chi connectivity index (χ0n) is 31.1. The van der Waals surface area contributed by atoms with E-state index in [0.29, 0.717) is 0 Å². The van der Waals surface area contributed by atoms with Crippen LogP contribution >= 0.6 is 15.8 Å². The molecule has 0 aliphatic carbocycles. The SMILES string of the molecule is COc1cccc(P(c2ccc(C)c(C)c2)c2ccc(C)c(C)c2)c1-c1c(OC)cccc1P(c1ccc(C)c(C)c1)c1ccc(C)c(C)c1. The van der Waals surface area contributed by atoms with Crippen molar-refractivity contribution in [1.29, 1.82) is 0 Å². The number of methoxy groups -OCH3 is 2. The van der Waals surface area contributed by atoms with E-state index < -0.39 is 15.8 Å². The van der Waals surface area contributed by atoms with Gasteiger partial charge in [0.15, 0.2) is 0 Å². The van der Waals surface area contributed by atoms with Crippen LogP contribution in [0.15, 0.2) is 109 Å². The fourth-order valence-electron chi connectivity index (χ4n) is 6.57. The second-order valence-corrected chi connectivity index (χ2v) is 17.8. The monoisotopic (exact) mass is 694 g/mol. The Morgan fingerprint density at radius 2 is 0.620 bits per heavy atom. The van der Waals surface area contributed by atoms with Gasteiger partial charge < -0.3 is 9.47 Å². The third kappa shape index (κ3) is 6.90. The molecule has 0 N–H and O–H groups in total. The van der Waals surface area contributed by atoms with Gasteiger partial charge in [-0.15, -0.1) is 0 Å². The molecule has 0 aliphatic rings. The van der Waals surface area contributed by atoms with Crippen molar-refractivity contribution in [3.8, 4) is 22.6 Å². The second-order valence-electron chi connectivity index (χ2n) is 13.5. The van der Waals surface area contributed by atoms with Crippen molar-refractivity contribution in [3.05, 3.63) is 154 Å². The van der Waals surface area contributed by atoms with E-state index in [9.17, 15) is 0 Å². The Morgan fingerprint density at radius 3 is 0.860 bits per heavy atom. The maximum Gasteiger partial charge on any atom is 0.127 e.